The first-order chi connectivity index (χ1) is 8.19. The van der Waals surface area contributed by atoms with Crippen molar-refractivity contribution in [3.8, 4) is 5.75 Å². The highest BCUT2D eigenvalue weighted by molar-refractivity contribution is 5.80. The molecule has 0 fully saturated rings. The highest BCUT2D eigenvalue weighted by Crippen LogP contribution is 2.24. The summed E-state index contributed by atoms with van der Waals surface area (Å²) in [5.74, 6) is 0.752. The lowest BCUT2D eigenvalue weighted by molar-refractivity contribution is 0.111. The van der Waals surface area contributed by atoms with Crippen LogP contribution in [0.15, 0.2) is 12.1 Å². The third-order valence-corrected chi connectivity index (χ3v) is 2.82. The molecule has 0 aromatic heterocycles. The third-order valence-electron chi connectivity index (χ3n) is 2.82. The number of aryl methyl sites for hydroxylation is 2. The Bertz CT molecular complexity index is 369. The zero-order valence-electron chi connectivity index (χ0n) is 11.1. The van der Waals surface area contributed by atoms with Crippen LogP contribution in [0.2, 0.25) is 0 Å². The zero-order valence-corrected chi connectivity index (χ0v) is 11.1. The molecule has 1 aromatic rings. The van der Waals surface area contributed by atoms with Crippen molar-refractivity contribution in [2.24, 2.45) is 0 Å². The van der Waals surface area contributed by atoms with Crippen LogP contribution in [0.1, 0.15) is 54.1 Å². The Morgan fingerprint density at radius 1 is 1.18 bits per heavy atom. The molecule has 0 amide bonds. The van der Waals surface area contributed by atoms with Crippen LogP contribution in [0.3, 0.4) is 0 Å². The van der Waals surface area contributed by atoms with Gasteiger partial charge in [0.1, 0.15) is 5.75 Å². The van der Waals surface area contributed by atoms with Gasteiger partial charge in [0, 0.05) is 0 Å². The maximum absolute atomic E-state index is 11.0. The number of hydrogen-bond acceptors (Lipinski definition) is 2. The molecule has 0 unspecified atom stereocenters. The van der Waals surface area contributed by atoms with Crippen LogP contribution < -0.4 is 4.74 Å². The summed E-state index contributed by atoms with van der Waals surface area (Å²) in [5, 5.41) is 0. The number of carbonyl (C=O) groups excluding carboxylic acids is 1. The quantitative estimate of drug-likeness (QED) is 0.525. The van der Waals surface area contributed by atoms with Crippen molar-refractivity contribution >= 4 is 6.29 Å². The van der Waals surface area contributed by atoms with Gasteiger partial charge in [0.05, 0.1) is 12.2 Å². The number of ether oxygens (including phenoxy) is 1. The minimum atomic E-state index is 0.665. The first-order valence-electron chi connectivity index (χ1n) is 6.38. The van der Waals surface area contributed by atoms with Crippen LogP contribution in [0.25, 0.3) is 0 Å². The molecule has 0 bridgehead atoms. The van der Waals surface area contributed by atoms with Crippen LogP contribution in [0.4, 0.5) is 0 Å². The summed E-state index contributed by atoms with van der Waals surface area (Å²) in [4.78, 5) is 11.0. The molecule has 0 atom stereocenters. The van der Waals surface area contributed by atoms with Gasteiger partial charge >= 0.3 is 0 Å². The summed E-state index contributed by atoms with van der Waals surface area (Å²) in [6, 6.07) is 3.93. The second-order valence-electron chi connectivity index (χ2n) is 4.53. The van der Waals surface area contributed by atoms with E-state index in [9.17, 15) is 4.79 Å². The fourth-order valence-corrected chi connectivity index (χ4v) is 1.97. The van der Waals surface area contributed by atoms with Gasteiger partial charge < -0.3 is 4.74 Å². The second kappa shape index (κ2) is 7.10. The first-order valence-corrected chi connectivity index (χ1v) is 6.38. The Labute approximate surface area is 104 Å². The lowest BCUT2D eigenvalue weighted by atomic mass is 10.1. The van der Waals surface area contributed by atoms with E-state index in [1.165, 1.54) is 19.3 Å². The smallest absolute Gasteiger partial charge is 0.153 e. The third kappa shape index (κ3) is 4.22. The molecule has 0 saturated heterocycles. The second-order valence-corrected chi connectivity index (χ2v) is 4.53. The predicted octanol–water partition coefficient (Wildman–Crippen LogP) is 4.08. The van der Waals surface area contributed by atoms with E-state index in [0.29, 0.717) is 12.2 Å². The lowest BCUT2D eigenvalue weighted by Gasteiger charge is -2.12. The van der Waals surface area contributed by atoms with E-state index in [-0.39, 0.29) is 0 Å². The SMILES string of the molecule is CCCCCCOc1c(C)cc(C)cc1C=O. The average molecular weight is 234 g/mol. The van der Waals surface area contributed by atoms with E-state index in [0.717, 1.165) is 29.6 Å². The van der Waals surface area contributed by atoms with Crippen molar-refractivity contribution in [2.45, 2.75) is 46.5 Å². The molecule has 0 radical (unpaired) electrons. The zero-order chi connectivity index (χ0) is 12.7. The van der Waals surface area contributed by atoms with Gasteiger partial charge in [0.25, 0.3) is 0 Å². The normalized spacial score (nSPS) is 10.3. The van der Waals surface area contributed by atoms with Crippen molar-refractivity contribution in [1.82, 2.24) is 0 Å². The lowest BCUT2D eigenvalue weighted by Crippen LogP contribution is -2.02. The van der Waals surface area contributed by atoms with Crippen molar-refractivity contribution in [3.05, 3.63) is 28.8 Å². The molecular weight excluding hydrogens is 212 g/mol. The van der Waals surface area contributed by atoms with E-state index in [1.54, 1.807) is 0 Å². The molecule has 2 heteroatoms. The molecule has 0 spiro atoms. The summed E-state index contributed by atoms with van der Waals surface area (Å²) in [6.45, 7) is 6.87. The van der Waals surface area contributed by atoms with Gasteiger partial charge in [-0.05, 0) is 37.5 Å². The Morgan fingerprint density at radius 2 is 1.94 bits per heavy atom. The average Bonchev–Trinajstić information content (AvgIpc) is 2.30. The van der Waals surface area contributed by atoms with Crippen molar-refractivity contribution in [2.75, 3.05) is 6.61 Å². The molecule has 0 heterocycles. The van der Waals surface area contributed by atoms with Crippen LogP contribution in [-0.4, -0.2) is 12.9 Å². The summed E-state index contributed by atoms with van der Waals surface area (Å²) >= 11 is 0. The van der Waals surface area contributed by atoms with E-state index < -0.39 is 0 Å². The van der Waals surface area contributed by atoms with E-state index in [4.69, 9.17) is 4.74 Å². The van der Waals surface area contributed by atoms with Crippen molar-refractivity contribution in [1.29, 1.82) is 0 Å². The molecule has 94 valence electrons. The Hall–Kier alpha value is -1.31. The molecule has 0 aliphatic heterocycles. The number of rotatable bonds is 7. The van der Waals surface area contributed by atoms with Gasteiger partial charge in [-0.1, -0.05) is 32.3 Å². The van der Waals surface area contributed by atoms with Crippen molar-refractivity contribution < 1.29 is 9.53 Å². The molecule has 1 aromatic carbocycles. The van der Waals surface area contributed by atoms with Crippen LogP contribution >= 0.6 is 0 Å². The summed E-state index contributed by atoms with van der Waals surface area (Å²) in [6.07, 6.45) is 5.60. The predicted molar refractivity (Wildman–Crippen MR) is 70.9 cm³/mol. The van der Waals surface area contributed by atoms with Crippen LogP contribution in [0, 0.1) is 13.8 Å². The minimum Gasteiger partial charge on any atom is -0.493 e. The first kappa shape index (κ1) is 13.8. The van der Waals surface area contributed by atoms with E-state index in [2.05, 4.69) is 6.92 Å². The van der Waals surface area contributed by atoms with E-state index >= 15 is 0 Å². The monoisotopic (exact) mass is 234 g/mol. The van der Waals surface area contributed by atoms with Gasteiger partial charge in [0.2, 0.25) is 0 Å². The number of aldehydes is 1. The number of benzene rings is 1. The Balaban J connectivity index is 2.60. The molecule has 0 aliphatic rings. The highest BCUT2D eigenvalue weighted by Gasteiger charge is 2.07. The number of unbranched alkanes of at least 4 members (excludes halogenated alkanes) is 3. The number of hydrogen-bond donors (Lipinski definition) is 0. The van der Waals surface area contributed by atoms with E-state index in [1.807, 2.05) is 26.0 Å². The van der Waals surface area contributed by atoms with Crippen LogP contribution in [0.5, 0.6) is 5.75 Å². The fourth-order valence-electron chi connectivity index (χ4n) is 1.97. The maximum Gasteiger partial charge on any atom is 0.153 e. The topological polar surface area (TPSA) is 26.3 Å². The molecule has 0 aliphatic carbocycles. The van der Waals surface area contributed by atoms with Crippen molar-refractivity contribution in [3.63, 3.8) is 0 Å². The van der Waals surface area contributed by atoms with Gasteiger partial charge in [-0.25, -0.2) is 0 Å². The minimum absolute atomic E-state index is 0.665. The van der Waals surface area contributed by atoms with Gasteiger partial charge in [-0.2, -0.15) is 0 Å². The summed E-state index contributed by atoms with van der Waals surface area (Å²) < 4.78 is 5.73. The molecule has 0 N–H and O–H groups in total. The molecule has 0 saturated carbocycles. The maximum atomic E-state index is 11.0. The molecule has 17 heavy (non-hydrogen) atoms. The standard InChI is InChI=1S/C15H22O2/c1-4-5-6-7-8-17-15-13(3)9-12(2)10-14(15)11-16/h9-11H,4-8H2,1-3H3. The molecular formula is C15H22O2. The van der Waals surface area contributed by atoms with Crippen LogP contribution in [-0.2, 0) is 0 Å². The Kier molecular flexibility index (Phi) is 5.75. The van der Waals surface area contributed by atoms with Gasteiger partial charge in [-0.3, -0.25) is 4.79 Å². The van der Waals surface area contributed by atoms with Gasteiger partial charge in [-0.15, -0.1) is 0 Å². The fraction of sp³-hybridized carbons (Fsp3) is 0.533. The largest absolute Gasteiger partial charge is 0.493 e. The Morgan fingerprint density at radius 3 is 2.59 bits per heavy atom. The molecule has 1 rings (SSSR count). The van der Waals surface area contributed by atoms with Gasteiger partial charge in [0.15, 0.2) is 6.29 Å². The number of carbonyl (C=O) groups is 1. The molecule has 2 nitrogen and oxygen atoms in total. The summed E-state index contributed by atoms with van der Waals surface area (Å²) in [7, 11) is 0. The summed E-state index contributed by atoms with van der Waals surface area (Å²) in [5.41, 5.74) is 2.81. The highest BCUT2D eigenvalue weighted by atomic mass is 16.5.